The Morgan fingerprint density at radius 1 is 1.16 bits per heavy atom. The van der Waals surface area contributed by atoms with Gasteiger partial charge >= 0.3 is 0 Å². The quantitative estimate of drug-likeness (QED) is 0.636. The van der Waals surface area contributed by atoms with Gasteiger partial charge in [0.2, 0.25) is 0 Å². The third-order valence-electron chi connectivity index (χ3n) is 2.83. The van der Waals surface area contributed by atoms with E-state index in [9.17, 15) is 4.39 Å². The summed E-state index contributed by atoms with van der Waals surface area (Å²) in [5, 5.41) is 3.39. The minimum atomic E-state index is -0.264. The van der Waals surface area contributed by atoms with Gasteiger partial charge in [0, 0.05) is 6.07 Å². The van der Waals surface area contributed by atoms with Gasteiger partial charge in [-0.1, -0.05) is 19.8 Å². The minimum absolute atomic E-state index is 0.264. The number of halogens is 2. The highest BCUT2D eigenvalue weighted by Crippen LogP contribution is 2.25. The van der Waals surface area contributed by atoms with Crippen LogP contribution < -0.4 is 10.1 Å². The number of hydrogen-bond acceptors (Lipinski definition) is 2. The van der Waals surface area contributed by atoms with Crippen molar-refractivity contribution in [2.24, 2.45) is 0 Å². The van der Waals surface area contributed by atoms with Crippen LogP contribution in [0.2, 0.25) is 0 Å². The lowest BCUT2D eigenvalue weighted by molar-refractivity contribution is 0.301. The molecule has 0 fully saturated rings. The zero-order valence-electron chi connectivity index (χ0n) is 11.6. The van der Waals surface area contributed by atoms with Gasteiger partial charge in [-0.25, -0.2) is 4.39 Å². The standard InChI is InChI=1S/C15H23BrFNO/c1-2-9-18-10-5-3-4-6-11-19-15-12-13(17)7-8-14(15)16/h7-8,12,18H,2-6,9-11H2,1H3. The normalized spacial score (nSPS) is 10.7. The van der Waals surface area contributed by atoms with E-state index in [0.717, 1.165) is 30.4 Å². The van der Waals surface area contributed by atoms with Crippen molar-refractivity contribution >= 4 is 15.9 Å². The highest BCUT2D eigenvalue weighted by molar-refractivity contribution is 9.10. The molecule has 0 atom stereocenters. The number of hydrogen-bond donors (Lipinski definition) is 1. The SMILES string of the molecule is CCCNCCCCCCOc1cc(F)ccc1Br. The average molecular weight is 332 g/mol. The summed E-state index contributed by atoms with van der Waals surface area (Å²) in [6, 6.07) is 4.50. The molecule has 2 nitrogen and oxygen atoms in total. The monoisotopic (exact) mass is 331 g/mol. The molecule has 1 aromatic rings. The van der Waals surface area contributed by atoms with Gasteiger partial charge < -0.3 is 10.1 Å². The first kappa shape index (κ1) is 16.4. The molecule has 0 spiro atoms. The number of benzene rings is 1. The average Bonchev–Trinajstić information content (AvgIpc) is 2.40. The summed E-state index contributed by atoms with van der Waals surface area (Å²) in [5.74, 6) is 0.324. The fourth-order valence-electron chi connectivity index (χ4n) is 1.78. The zero-order chi connectivity index (χ0) is 13.9. The molecule has 0 bridgehead atoms. The summed E-state index contributed by atoms with van der Waals surface area (Å²) in [5.41, 5.74) is 0. The number of nitrogens with one attached hydrogen (secondary N) is 1. The Labute approximate surface area is 123 Å². The molecule has 1 aromatic carbocycles. The van der Waals surface area contributed by atoms with Crippen molar-refractivity contribution < 1.29 is 9.13 Å². The molecule has 0 aliphatic heterocycles. The minimum Gasteiger partial charge on any atom is -0.492 e. The van der Waals surface area contributed by atoms with Gasteiger partial charge in [0.05, 0.1) is 11.1 Å². The maximum absolute atomic E-state index is 13.0. The van der Waals surface area contributed by atoms with Crippen LogP contribution in [0.15, 0.2) is 22.7 Å². The van der Waals surface area contributed by atoms with Gasteiger partial charge in [0.25, 0.3) is 0 Å². The first-order chi connectivity index (χ1) is 9.24. The Bertz CT molecular complexity index is 360. The van der Waals surface area contributed by atoms with E-state index >= 15 is 0 Å². The Morgan fingerprint density at radius 3 is 2.74 bits per heavy atom. The molecular formula is C15H23BrFNO. The van der Waals surface area contributed by atoms with Gasteiger partial charge in [0.1, 0.15) is 11.6 Å². The maximum atomic E-state index is 13.0. The van der Waals surface area contributed by atoms with Crippen LogP contribution in [0.4, 0.5) is 4.39 Å². The van der Waals surface area contributed by atoms with Gasteiger partial charge in [-0.15, -0.1) is 0 Å². The van der Waals surface area contributed by atoms with Gasteiger partial charge in [-0.2, -0.15) is 0 Å². The van der Waals surface area contributed by atoms with Crippen LogP contribution in [0.5, 0.6) is 5.75 Å². The lowest BCUT2D eigenvalue weighted by Crippen LogP contribution is -2.15. The molecule has 4 heteroatoms. The van der Waals surface area contributed by atoms with Crippen LogP contribution in [-0.4, -0.2) is 19.7 Å². The van der Waals surface area contributed by atoms with Crippen LogP contribution in [0.3, 0.4) is 0 Å². The summed E-state index contributed by atoms with van der Waals surface area (Å²) < 4.78 is 19.4. The van der Waals surface area contributed by atoms with Gasteiger partial charge in [-0.3, -0.25) is 0 Å². The van der Waals surface area contributed by atoms with E-state index in [0.29, 0.717) is 12.4 Å². The second-order valence-corrected chi connectivity index (χ2v) is 5.44. The van der Waals surface area contributed by atoms with Crippen molar-refractivity contribution in [1.82, 2.24) is 5.32 Å². The highest BCUT2D eigenvalue weighted by atomic mass is 79.9. The molecule has 0 aromatic heterocycles. The smallest absolute Gasteiger partial charge is 0.136 e. The summed E-state index contributed by atoms with van der Waals surface area (Å²) >= 11 is 3.35. The fourth-order valence-corrected chi connectivity index (χ4v) is 2.14. The molecule has 108 valence electrons. The second-order valence-electron chi connectivity index (χ2n) is 4.59. The number of ether oxygens (including phenoxy) is 1. The largest absolute Gasteiger partial charge is 0.492 e. The van der Waals surface area contributed by atoms with Crippen molar-refractivity contribution in [3.8, 4) is 5.75 Å². The molecular weight excluding hydrogens is 309 g/mol. The van der Waals surface area contributed by atoms with Crippen molar-refractivity contribution in [1.29, 1.82) is 0 Å². The Balaban J connectivity index is 2.03. The maximum Gasteiger partial charge on any atom is 0.136 e. The van der Waals surface area contributed by atoms with E-state index < -0.39 is 0 Å². The van der Waals surface area contributed by atoms with Crippen molar-refractivity contribution in [3.63, 3.8) is 0 Å². The molecule has 0 saturated carbocycles. The molecule has 0 saturated heterocycles. The lowest BCUT2D eigenvalue weighted by atomic mass is 10.2. The van der Waals surface area contributed by atoms with E-state index in [1.807, 2.05) is 0 Å². The van der Waals surface area contributed by atoms with Crippen molar-refractivity contribution in [2.75, 3.05) is 19.7 Å². The van der Waals surface area contributed by atoms with E-state index in [4.69, 9.17) is 4.74 Å². The summed E-state index contributed by atoms with van der Waals surface area (Å²) in [7, 11) is 0. The van der Waals surface area contributed by atoms with Crippen LogP contribution in [0.1, 0.15) is 39.0 Å². The number of rotatable bonds is 10. The third-order valence-corrected chi connectivity index (χ3v) is 3.48. The first-order valence-electron chi connectivity index (χ1n) is 7.02. The predicted octanol–water partition coefficient (Wildman–Crippen LogP) is 4.53. The van der Waals surface area contributed by atoms with Crippen LogP contribution in [-0.2, 0) is 0 Å². The molecule has 0 amide bonds. The van der Waals surface area contributed by atoms with Gasteiger partial charge in [-0.05, 0) is 60.4 Å². The topological polar surface area (TPSA) is 21.3 Å². The molecule has 19 heavy (non-hydrogen) atoms. The van der Waals surface area contributed by atoms with E-state index in [-0.39, 0.29) is 5.82 Å². The number of unbranched alkanes of at least 4 members (excludes halogenated alkanes) is 3. The first-order valence-corrected chi connectivity index (χ1v) is 7.82. The van der Waals surface area contributed by atoms with Crippen LogP contribution >= 0.6 is 15.9 Å². The van der Waals surface area contributed by atoms with Gasteiger partial charge in [0.15, 0.2) is 0 Å². The van der Waals surface area contributed by atoms with E-state index in [2.05, 4.69) is 28.2 Å². The van der Waals surface area contributed by atoms with E-state index in [1.165, 1.54) is 31.4 Å². The highest BCUT2D eigenvalue weighted by Gasteiger charge is 2.02. The molecule has 0 radical (unpaired) electrons. The molecule has 1 N–H and O–H groups in total. The fraction of sp³-hybridized carbons (Fsp3) is 0.600. The molecule has 0 heterocycles. The van der Waals surface area contributed by atoms with Crippen molar-refractivity contribution in [3.05, 3.63) is 28.5 Å². The Morgan fingerprint density at radius 2 is 1.95 bits per heavy atom. The lowest BCUT2D eigenvalue weighted by Gasteiger charge is -2.08. The summed E-state index contributed by atoms with van der Waals surface area (Å²) in [6.45, 7) is 5.03. The van der Waals surface area contributed by atoms with Crippen molar-refractivity contribution in [2.45, 2.75) is 39.0 Å². The molecule has 0 unspecified atom stereocenters. The zero-order valence-corrected chi connectivity index (χ0v) is 13.1. The van der Waals surface area contributed by atoms with E-state index in [1.54, 1.807) is 6.07 Å². The molecule has 0 aliphatic carbocycles. The third kappa shape index (κ3) is 7.53. The molecule has 1 rings (SSSR count). The molecule has 0 aliphatic rings. The Kier molecular flexibility index (Phi) is 8.84. The summed E-state index contributed by atoms with van der Waals surface area (Å²) in [4.78, 5) is 0. The van der Waals surface area contributed by atoms with Crippen LogP contribution in [0, 0.1) is 5.82 Å². The Hall–Kier alpha value is -0.610. The summed E-state index contributed by atoms with van der Waals surface area (Å²) in [6.07, 6.45) is 5.78. The predicted molar refractivity (Wildman–Crippen MR) is 81.2 cm³/mol. The second kappa shape index (κ2) is 10.2. The van der Waals surface area contributed by atoms with Crippen LogP contribution in [0.25, 0.3) is 0 Å².